The fourth-order valence-electron chi connectivity index (χ4n) is 4.38. The zero-order valence-corrected chi connectivity index (χ0v) is 18.2. The van der Waals surface area contributed by atoms with Crippen LogP contribution >= 0.6 is 0 Å². The van der Waals surface area contributed by atoms with E-state index in [1.165, 1.54) is 23.8 Å². The van der Waals surface area contributed by atoms with Crippen LogP contribution in [0.25, 0.3) is 6.08 Å². The van der Waals surface area contributed by atoms with Crippen LogP contribution in [-0.2, 0) is 16.6 Å². The molecule has 1 saturated carbocycles. The molecule has 1 aliphatic heterocycles. The largest absolute Gasteiger partial charge is 0.586 e. The van der Waals surface area contributed by atoms with Crippen molar-refractivity contribution in [2.75, 3.05) is 5.32 Å². The van der Waals surface area contributed by atoms with Gasteiger partial charge in [0, 0.05) is 0 Å². The SMILES string of the molecule is CCC(C)(C)C1=Cc2cc(NC(=O)C3(c4ccc5c(c4)OC(F)(F)O5)CC3)c(F)cc2C1. The van der Waals surface area contributed by atoms with Gasteiger partial charge in [-0.1, -0.05) is 38.5 Å². The number of carbonyl (C=O) groups is 1. The molecule has 2 aromatic carbocycles. The molecule has 32 heavy (non-hydrogen) atoms. The molecule has 168 valence electrons. The number of anilines is 1. The van der Waals surface area contributed by atoms with E-state index in [0.717, 1.165) is 17.5 Å². The summed E-state index contributed by atoms with van der Waals surface area (Å²) in [7, 11) is 0. The van der Waals surface area contributed by atoms with Crippen LogP contribution in [0.2, 0.25) is 0 Å². The van der Waals surface area contributed by atoms with Crippen molar-refractivity contribution in [3.63, 3.8) is 0 Å². The Morgan fingerprint density at radius 3 is 2.53 bits per heavy atom. The molecule has 4 nitrogen and oxygen atoms in total. The number of ether oxygens (including phenoxy) is 2. The minimum Gasteiger partial charge on any atom is -0.395 e. The summed E-state index contributed by atoms with van der Waals surface area (Å²) in [4.78, 5) is 13.1. The minimum atomic E-state index is -3.72. The molecule has 3 aliphatic rings. The third-order valence-electron chi connectivity index (χ3n) is 7.08. The molecule has 0 radical (unpaired) electrons. The lowest BCUT2D eigenvalue weighted by atomic mass is 9.81. The Hall–Kier alpha value is -2.96. The number of alkyl halides is 2. The third-order valence-corrected chi connectivity index (χ3v) is 7.08. The predicted molar refractivity (Wildman–Crippen MR) is 114 cm³/mol. The Labute approximate surface area is 184 Å². The number of nitrogens with one attached hydrogen (secondary N) is 1. The van der Waals surface area contributed by atoms with E-state index < -0.39 is 17.5 Å². The van der Waals surface area contributed by atoms with Crippen LogP contribution in [0.4, 0.5) is 18.9 Å². The topological polar surface area (TPSA) is 47.6 Å². The summed E-state index contributed by atoms with van der Waals surface area (Å²) in [6, 6.07) is 7.53. The maximum absolute atomic E-state index is 14.8. The molecule has 1 heterocycles. The van der Waals surface area contributed by atoms with Crippen molar-refractivity contribution in [1.29, 1.82) is 0 Å². The first-order valence-corrected chi connectivity index (χ1v) is 10.8. The molecule has 0 spiro atoms. The average Bonchev–Trinajstić information content (AvgIpc) is 3.34. The van der Waals surface area contributed by atoms with Crippen LogP contribution in [0.1, 0.15) is 56.7 Å². The zero-order chi connectivity index (χ0) is 22.9. The van der Waals surface area contributed by atoms with Gasteiger partial charge in [0.1, 0.15) is 5.82 Å². The lowest BCUT2D eigenvalue weighted by Gasteiger charge is -2.24. The van der Waals surface area contributed by atoms with Gasteiger partial charge in [-0.2, -0.15) is 0 Å². The monoisotopic (exact) mass is 443 g/mol. The van der Waals surface area contributed by atoms with E-state index in [4.69, 9.17) is 0 Å². The number of fused-ring (bicyclic) bond motifs is 2. The Morgan fingerprint density at radius 1 is 1.12 bits per heavy atom. The quantitative estimate of drug-likeness (QED) is 0.599. The molecular weight excluding hydrogens is 419 g/mol. The van der Waals surface area contributed by atoms with Crippen LogP contribution in [-0.4, -0.2) is 12.2 Å². The van der Waals surface area contributed by atoms with Gasteiger partial charge in [-0.15, -0.1) is 8.78 Å². The summed E-state index contributed by atoms with van der Waals surface area (Å²) in [5, 5.41) is 2.73. The Bertz CT molecular complexity index is 1170. The molecule has 5 rings (SSSR count). The van der Waals surface area contributed by atoms with Crippen LogP contribution in [0.5, 0.6) is 11.5 Å². The van der Waals surface area contributed by atoms with Crippen molar-refractivity contribution in [2.24, 2.45) is 5.41 Å². The van der Waals surface area contributed by atoms with Crippen molar-refractivity contribution < 1.29 is 27.4 Å². The van der Waals surface area contributed by atoms with Crippen molar-refractivity contribution in [3.05, 3.63) is 58.4 Å². The molecular formula is C25H24F3NO3. The molecule has 0 unspecified atom stereocenters. The summed E-state index contributed by atoms with van der Waals surface area (Å²) in [6.45, 7) is 6.46. The minimum absolute atomic E-state index is 0.0210. The summed E-state index contributed by atoms with van der Waals surface area (Å²) < 4.78 is 50.4. The van der Waals surface area contributed by atoms with Gasteiger partial charge in [-0.25, -0.2) is 4.39 Å². The highest BCUT2D eigenvalue weighted by molar-refractivity contribution is 6.02. The van der Waals surface area contributed by atoms with Gasteiger partial charge in [0.2, 0.25) is 5.91 Å². The fraction of sp³-hybridized carbons (Fsp3) is 0.400. The van der Waals surface area contributed by atoms with E-state index >= 15 is 0 Å². The Morgan fingerprint density at radius 2 is 1.84 bits per heavy atom. The number of benzene rings is 2. The van der Waals surface area contributed by atoms with E-state index in [-0.39, 0.29) is 28.5 Å². The second-order valence-corrected chi connectivity index (χ2v) is 9.48. The van der Waals surface area contributed by atoms with Crippen molar-refractivity contribution >= 4 is 17.7 Å². The van der Waals surface area contributed by atoms with Gasteiger partial charge in [0.05, 0.1) is 11.1 Å². The summed E-state index contributed by atoms with van der Waals surface area (Å²) >= 11 is 0. The highest BCUT2D eigenvalue weighted by atomic mass is 19.3. The highest BCUT2D eigenvalue weighted by Gasteiger charge is 2.53. The maximum Gasteiger partial charge on any atom is 0.586 e. The number of hydrogen-bond donors (Lipinski definition) is 1. The van der Waals surface area contributed by atoms with E-state index in [0.29, 0.717) is 24.8 Å². The zero-order valence-electron chi connectivity index (χ0n) is 18.2. The molecule has 1 N–H and O–H groups in total. The number of carbonyl (C=O) groups excluding carboxylic acids is 1. The van der Waals surface area contributed by atoms with Crippen LogP contribution in [0.3, 0.4) is 0 Å². The summed E-state index contributed by atoms with van der Waals surface area (Å²) in [6.07, 6.45) is 1.12. The van der Waals surface area contributed by atoms with Gasteiger partial charge in [0.15, 0.2) is 11.5 Å². The molecule has 0 aromatic heterocycles. The smallest absolute Gasteiger partial charge is 0.395 e. The van der Waals surface area contributed by atoms with Gasteiger partial charge >= 0.3 is 6.29 Å². The van der Waals surface area contributed by atoms with Gasteiger partial charge < -0.3 is 14.8 Å². The van der Waals surface area contributed by atoms with Crippen LogP contribution in [0, 0.1) is 11.2 Å². The van der Waals surface area contributed by atoms with Gasteiger partial charge in [0.25, 0.3) is 0 Å². The molecule has 1 fully saturated rings. The van der Waals surface area contributed by atoms with Crippen molar-refractivity contribution in [2.45, 2.75) is 58.2 Å². The first-order valence-electron chi connectivity index (χ1n) is 10.8. The van der Waals surface area contributed by atoms with Gasteiger partial charge in [-0.05, 0) is 72.1 Å². The van der Waals surface area contributed by atoms with E-state index in [9.17, 15) is 18.0 Å². The molecule has 0 atom stereocenters. The molecule has 1 amide bonds. The molecule has 2 aromatic rings. The van der Waals surface area contributed by atoms with E-state index in [1.807, 2.05) is 0 Å². The van der Waals surface area contributed by atoms with E-state index in [2.05, 4.69) is 41.6 Å². The molecule has 0 bridgehead atoms. The first kappa shape index (κ1) is 20.9. The number of hydrogen-bond acceptors (Lipinski definition) is 3. The number of rotatable bonds is 5. The summed E-state index contributed by atoms with van der Waals surface area (Å²) in [5.74, 6) is -1.02. The highest BCUT2D eigenvalue weighted by Crippen LogP contribution is 2.52. The first-order chi connectivity index (χ1) is 15.0. The second-order valence-electron chi connectivity index (χ2n) is 9.48. The number of allylic oxidation sites excluding steroid dienone is 1. The predicted octanol–water partition coefficient (Wildman–Crippen LogP) is 6.19. The maximum atomic E-state index is 14.8. The third kappa shape index (κ3) is 3.34. The van der Waals surface area contributed by atoms with Crippen molar-refractivity contribution in [1.82, 2.24) is 0 Å². The fourth-order valence-corrected chi connectivity index (χ4v) is 4.38. The summed E-state index contributed by atoms with van der Waals surface area (Å²) in [5.41, 5.74) is 2.86. The molecule has 7 heteroatoms. The Balaban J connectivity index is 1.39. The van der Waals surface area contributed by atoms with E-state index in [1.54, 1.807) is 12.1 Å². The number of amides is 1. The standard InChI is InChI=1S/C25H24F3NO3/c1-4-23(2,3)17-9-14-11-18(26)19(12-15(14)10-17)29-22(30)24(7-8-24)16-5-6-20-21(13-16)32-25(27,28)31-20/h5-6,10-13H,4,7-9H2,1-3H3,(H,29,30). The van der Waals surface area contributed by atoms with Crippen molar-refractivity contribution in [3.8, 4) is 11.5 Å². The Kier molecular flexibility index (Phi) is 4.42. The molecule has 0 saturated heterocycles. The normalized spacial score (nSPS) is 19.4. The lowest BCUT2D eigenvalue weighted by molar-refractivity contribution is -0.286. The second kappa shape index (κ2) is 6.77. The van der Waals surface area contributed by atoms with Crippen LogP contribution < -0.4 is 14.8 Å². The number of halogens is 3. The van der Waals surface area contributed by atoms with Gasteiger partial charge in [-0.3, -0.25) is 4.79 Å². The molecule has 2 aliphatic carbocycles. The lowest BCUT2D eigenvalue weighted by Crippen LogP contribution is -2.28. The average molecular weight is 443 g/mol. The van der Waals surface area contributed by atoms with Crippen LogP contribution in [0.15, 0.2) is 35.9 Å².